The molecule has 1 spiro atoms. The van der Waals surface area contributed by atoms with Crippen LogP contribution in [0.15, 0.2) is 67.3 Å². The van der Waals surface area contributed by atoms with Crippen molar-refractivity contribution in [1.82, 2.24) is 9.55 Å². The predicted octanol–water partition coefficient (Wildman–Crippen LogP) is 4.21. The van der Waals surface area contributed by atoms with E-state index in [0.29, 0.717) is 25.3 Å². The lowest BCUT2D eigenvalue weighted by molar-refractivity contribution is -0.188. The van der Waals surface area contributed by atoms with Gasteiger partial charge in [-0.1, -0.05) is 23.7 Å². The molecule has 0 radical (unpaired) electrons. The molecule has 3 atom stereocenters. The van der Waals surface area contributed by atoms with E-state index in [1.54, 1.807) is 36.8 Å². The fraction of sp³-hybridized carbons (Fsp3) is 0.348. The summed E-state index contributed by atoms with van der Waals surface area (Å²) in [6, 6.07) is 14.6. The molecule has 30 heavy (non-hydrogen) atoms. The van der Waals surface area contributed by atoms with E-state index in [2.05, 4.69) is 4.98 Å². The van der Waals surface area contributed by atoms with E-state index in [9.17, 15) is 5.11 Å². The molecule has 1 N–H and O–H groups in total. The molecule has 1 unspecified atom stereocenters. The Morgan fingerprint density at radius 3 is 2.70 bits per heavy atom. The number of aromatic nitrogens is 2. The summed E-state index contributed by atoms with van der Waals surface area (Å²) in [7, 11) is 0. The summed E-state index contributed by atoms with van der Waals surface area (Å²) in [4.78, 5) is 4.15. The molecule has 0 amide bonds. The smallest absolute Gasteiger partial charge is 0.187 e. The van der Waals surface area contributed by atoms with Crippen molar-refractivity contribution in [3.63, 3.8) is 0 Å². The second-order valence-electron chi connectivity index (χ2n) is 8.03. The summed E-state index contributed by atoms with van der Waals surface area (Å²) in [5, 5.41) is 10.2. The molecule has 7 heteroatoms. The lowest BCUT2D eigenvalue weighted by Gasteiger charge is -2.29. The molecule has 1 saturated heterocycles. The van der Waals surface area contributed by atoms with E-state index >= 15 is 0 Å². The monoisotopic (exact) mass is 426 g/mol. The minimum Gasteiger partial charge on any atom is -0.508 e. The van der Waals surface area contributed by atoms with Gasteiger partial charge in [0.05, 0.1) is 19.5 Å². The molecular weight excluding hydrogens is 404 g/mol. The van der Waals surface area contributed by atoms with Crippen molar-refractivity contribution in [2.45, 2.75) is 43.3 Å². The number of benzene rings is 2. The van der Waals surface area contributed by atoms with Crippen LogP contribution in [0.25, 0.3) is 0 Å². The van der Waals surface area contributed by atoms with Gasteiger partial charge >= 0.3 is 0 Å². The Hall–Kier alpha value is -2.54. The summed E-state index contributed by atoms with van der Waals surface area (Å²) < 4.78 is 21.0. The van der Waals surface area contributed by atoms with Crippen LogP contribution in [0.4, 0.5) is 0 Å². The Labute approximate surface area is 180 Å². The van der Waals surface area contributed by atoms with Crippen LogP contribution in [0.1, 0.15) is 18.4 Å². The molecule has 0 bridgehead atoms. The van der Waals surface area contributed by atoms with E-state index < -0.39 is 11.4 Å². The molecule has 1 aliphatic heterocycles. The van der Waals surface area contributed by atoms with Gasteiger partial charge in [0, 0.05) is 30.3 Å². The predicted molar refractivity (Wildman–Crippen MR) is 112 cm³/mol. The summed E-state index contributed by atoms with van der Waals surface area (Å²) in [5.74, 6) is 0.189. The maximum Gasteiger partial charge on any atom is 0.187 e. The van der Waals surface area contributed by atoms with E-state index in [-0.39, 0.29) is 11.9 Å². The molecule has 1 saturated carbocycles. The number of phenolic OH excluding ortho intramolecular Hbond substituents is 1. The van der Waals surface area contributed by atoms with Crippen molar-refractivity contribution in [3.8, 4) is 11.5 Å². The van der Waals surface area contributed by atoms with E-state index in [1.807, 2.05) is 35.0 Å². The first-order chi connectivity index (χ1) is 14.5. The van der Waals surface area contributed by atoms with Gasteiger partial charge in [-0.25, -0.2) is 4.98 Å². The highest BCUT2D eigenvalue weighted by Gasteiger charge is 2.66. The highest BCUT2D eigenvalue weighted by atomic mass is 35.5. The molecule has 1 aromatic heterocycles. The van der Waals surface area contributed by atoms with Gasteiger partial charge in [0.2, 0.25) is 0 Å². The third-order valence-electron chi connectivity index (χ3n) is 5.73. The van der Waals surface area contributed by atoms with Crippen molar-refractivity contribution in [2.24, 2.45) is 0 Å². The third kappa shape index (κ3) is 4.03. The number of hydrogen-bond donors (Lipinski definition) is 1. The number of aromatic hydroxyl groups is 1. The molecule has 156 valence electrons. The van der Waals surface area contributed by atoms with Crippen molar-refractivity contribution in [1.29, 1.82) is 0 Å². The SMILES string of the molecule is Oc1ccc(O[C@@H]2CC23CO[C@@](CCc2ccc(Cl)cc2)(Cn2ccnc2)O3)cc1. The zero-order valence-corrected chi connectivity index (χ0v) is 17.2. The highest BCUT2D eigenvalue weighted by Crippen LogP contribution is 2.52. The van der Waals surface area contributed by atoms with Crippen LogP contribution < -0.4 is 4.74 Å². The van der Waals surface area contributed by atoms with Gasteiger partial charge in [-0.15, -0.1) is 0 Å². The first kappa shape index (κ1) is 19.4. The lowest BCUT2D eigenvalue weighted by Crippen LogP contribution is -2.37. The fourth-order valence-corrected chi connectivity index (χ4v) is 4.09. The zero-order chi connectivity index (χ0) is 20.6. The molecule has 2 fully saturated rings. The molecule has 2 aromatic carbocycles. The topological polar surface area (TPSA) is 65.7 Å². The molecule has 6 nitrogen and oxygen atoms in total. The summed E-state index contributed by atoms with van der Waals surface area (Å²) >= 11 is 6.01. The van der Waals surface area contributed by atoms with Gasteiger partial charge < -0.3 is 23.9 Å². The van der Waals surface area contributed by atoms with Gasteiger partial charge in [-0.2, -0.15) is 0 Å². The number of imidazole rings is 1. The average molecular weight is 427 g/mol. The first-order valence-corrected chi connectivity index (χ1v) is 10.4. The summed E-state index contributed by atoms with van der Waals surface area (Å²) in [6.07, 6.45) is 7.68. The van der Waals surface area contributed by atoms with Gasteiger partial charge in [-0.3, -0.25) is 0 Å². The maximum absolute atomic E-state index is 9.46. The molecular formula is C23H23ClN2O4. The number of nitrogens with zero attached hydrogens (tertiary/aromatic N) is 2. The normalized spacial score (nSPS) is 27.4. The van der Waals surface area contributed by atoms with Crippen molar-refractivity contribution in [2.75, 3.05) is 6.61 Å². The van der Waals surface area contributed by atoms with Gasteiger partial charge in [-0.05, 0) is 48.4 Å². The number of aryl methyl sites for hydroxylation is 1. The van der Waals surface area contributed by atoms with Gasteiger partial charge in [0.15, 0.2) is 5.79 Å². The zero-order valence-electron chi connectivity index (χ0n) is 16.4. The molecule has 2 heterocycles. The second-order valence-corrected chi connectivity index (χ2v) is 8.47. The third-order valence-corrected chi connectivity index (χ3v) is 5.98. The Balaban J connectivity index is 1.29. The van der Waals surface area contributed by atoms with Crippen LogP contribution in [0, 0.1) is 0 Å². The van der Waals surface area contributed by atoms with Crippen molar-refractivity contribution >= 4 is 11.6 Å². The molecule has 5 rings (SSSR count). The molecule has 3 aromatic rings. The number of rotatable bonds is 7. The van der Waals surface area contributed by atoms with Crippen LogP contribution in [0.3, 0.4) is 0 Å². The van der Waals surface area contributed by atoms with Crippen LogP contribution in [-0.2, 0) is 22.4 Å². The molecule has 1 aliphatic carbocycles. The Morgan fingerprint density at radius 1 is 1.17 bits per heavy atom. The number of ether oxygens (including phenoxy) is 3. The molecule has 2 aliphatic rings. The van der Waals surface area contributed by atoms with E-state index in [4.69, 9.17) is 25.8 Å². The quantitative estimate of drug-likeness (QED) is 0.613. The number of phenols is 1. The minimum atomic E-state index is -0.743. The first-order valence-electron chi connectivity index (χ1n) is 10.0. The van der Waals surface area contributed by atoms with Gasteiger partial charge in [0.25, 0.3) is 0 Å². The Morgan fingerprint density at radius 2 is 1.97 bits per heavy atom. The van der Waals surface area contributed by atoms with Crippen LogP contribution in [-0.4, -0.2) is 38.8 Å². The van der Waals surface area contributed by atoms with Crippen molar-refractivity contribution in [3.05, 3.63) is 77.8 Å². The summed E-state index contributed by atoms with van der Waals surface area (Å²) in [6.45, 7) is 1.05. The van der Waals surface area contributed by atoms with Crippen LogP contribution in [0.5, 0.6) is 11.5 Å². The van der Waals surface area contributed by atoms with Crippen LogP contribution in [0.2, 0.25) is 5.02 Å². The Bertz CT molecular complexity index is 993. The highest BCUT2D eigenvalue weighted by molar-refractivity contribution is 6.30. The Kier molecular flexibility index (Phi) is 4.93. The van der Waals surface area contributed by atoms with Crippen molar-refractivity contribution < 1.29 is 19.3 Å². The number of halogens is 1. The number of hydrogen-bond acceptors (Lipinski definition) is 5. The van der Waals surface area contributed by atoms with E-state index in [1.165, 1.54) is 5.56 Å². The second kappa shape index (κ2) is 7.61. The lowest BCUT2D eigenvalue weighted by atomic mass is 10.0. The average Bonchev–Trinajstić information content (AvgIpc) is 3.07. The minimum absolute atomic E-state index is 0.0674. The van der Waals surface area contributed by atoms with Crippen LogP contribution >= 0.6 is 11.6 Å². The van der Waals surface area contributed by atoms with Gasteiger partial charge in [0.1, 0.15) is 23.2 Å². The standard InChI is InChI=1S/C23H23ClN2O4/c24-18-3-1-17(2-4-18)9-10-23(14-26-12-11-25-16-26)28-15-22(30-23)13-21(22)29-20-7-5-19(27)6-8-20/h1-8,11-12,16,21,27H,9-10,13-15H2/t21-,22?,23-/m1/s1. The summed E-state index contributed by atoms with van der Waals surface area (Å²) in [5.41, 5.74) is 0.753. The largest absolute Gasteiger partial charge is 0.508 e. The van der Waals surface area contributed by atoms with E-state index in [0.717, 1.165) is 17.9 Å². The fourth-order valence-electron chi connectivity index (χ4n) is 3.96. The maximum atomic E-state index is 9.46.